The van der Waals surface area contributed by atoms with Crippen molar-refractivity contribution in [2.75, 3.05) is 10.0 Å². The summed E-state index contributed by atoms with van der Waals surface area (Å²) in [6.07, 6.45) is 1.60. The molecule has 1 aromatic carbocycles. The van der Waals surface area contributed by atoms with Crippen molar-refractivity contribution in [1.82, 2.24) is 4.98 Å². The molecule has 0 atom stereocenters. The van der Waals surface area contributed by atoms with Gasteiger partial charge in [-0.1, -0.05) is 12.1 Å². The average molecular weight is 359 g/mol. The van der Waals surface area contributed by atoms with Gasteiger partial charge in [-0.25, -0.2) is 13.4 Å². The van der Waals surface area contributed by atoms with Gasteiger partial charge in [-0.2, -0.15) is 0 Å². The lowest BCUT2D eigenvalue weighted by Gasteiger charge is -2.10. The minimum absolute atomic E-state index is 0.265. The highest BCUT2D eigenvalue weighted by Gasteiger charge is 2.15. The van der Waals surface area contributed by atoms with Crippen LogP contribution in [-0.4, -0.2) is 13.4 Å². The predicted molar refractivity (Wildman–Crippen MR) is 98.6 cm³/mol. The van der Waals surface area contributed by atoms with Crippen LogP contribution in [-0.2, 0) is 10.0 Å². The number of pyridine rings is 1. The Morgan fingerprint density at radius 3 is 2.42 bits per heavy atom. The molecule has 0 saturated carbocycles. The number of nitrogens with zero attached hydrogens (tertiary/aromatic N) is 1. The number of aromatic nitrogens is 1. The Hall–Kier alpha value is -2.38. The van der Waals surface area contributed by atoms with Gasteiger partial charge in [0.2, 0.25) is 0 Å². The fraction of sp³-hybridized carbons (Fsp3) is 0.118. The van der Waals surface area contributed by atoms with E-state index in [1.165, 1.54) is 22.5 Å². The SMILES string of the molecule is Cc1ccc(Nc2ccc(NS(=O)(=O)c3cccs3)nc2)cc1C. The van der Waals surface area contributed by atoms with Crippen molar-refractivity contribution in [2.24, 2.45) is 0 Å². The van der Waals surface area contributed by atoms with E-state index < -0.39 is 10.0 Å². The Labute approximate surface area is 145 Å². The fourth-order valence-corrected chi connectivity index (χ4v) is 4.12. The number of anilines is 3. The maximum atomic E-state index is 12.2. The standard InChI is InChI=1S/C17H17N3O2S2/c1-12-5-6-14(10-13(12)2)19-15-7-8-16(18-11-15)20-24(21,22)17-4-3-9-23-17/h3-11,19H,1-2H3,(H,18,20). The van der Waals surface area contributed by atoms with E-state index in [4.69, 9.17) is 0 Å². The van der Waals surface area contributed by atoms with Crippen molar-refractivity contribution in [3.05, 3.63) is 65.2 Å². The third-order valence-electron chi connectivity index (χ3n) is 3.56. The van der Waals surface area contributed by atoms with Crippen molar-refractivity contribution < 1.29 is 8.42 Å². The Morgan fingerprint density at radius 2 is 1.79 bits per heavy atom. The monoisotopic (exact) mass is 359 g/mol. The molecule has 0 fully saturated rings. The summed E-state index contributed by atoms with van der Waals surface area (Å²) >= 11 is 1.17. The number of benzene rings is 1. The molecule has 0 spiro atoms. The summed E-state index contributed by atoms with van der Waals surface area (Å²) in [5.41, 5.74) is 4.19. The molecule has 3 rings (SSSR count). The molecular weight excluding hydrogens is 342 g/mol. The zero-order valence-corrected chi connectivity index (χ0v) is 14.9. The summed E-state index contributed by atoms with van der Waals surface area (Å²) in [6, 6.07) is 12.8. The highest BCUT2D eigenvalue weighted by atomic mass is 32.2. The van der Waals surface area contributed by atoms with Crippen LogP contribution in [0.25, 0.3) is 0 Å². The quantitative estimate of drug-likeness (QED) is 0.712. The van der Waals surface area contributed by atoms with Crippen LogP contribution >= 0.6 is 11.3 Å². The smallest absolute Gasteiger partial charge is 0.272 e. The first-order valence-electron chi connectivity index (χ1n) is 7.31. The van der Waals surface area contributed by atoms with Crippen LogP contribution in [0.15, 0.2) is 58.3 Å². The number of hydrogen-bond acceptors (Lipinski definition) is 5. The van der Waals surface area contributed by atoms with Gasteiger partial charge >= 0.3 is 0 Å². The molecule has 0 unspecified atom stereocenters. The maximum absolute atomic E-state index is 12.2. The summed E-state index contributed by atoms with van der Waals surface area (Å²) in [7, 11) is -3.57. The Kier molecular flexibility index (Phi) is 4.55. The molecule has 5 nitrogen and oxygen atoms in total. The fourth-order valence-electron chi connectivity index (χ4n) is 2.12. The highest BCUT2D eigenvalue weighted by Crippen LogP contribution is 2.22. The Balaban J connectivity index is 1.72. The summed E-state index contributed by atoms with van der Waals surface area (Å²) in [6.45, 7) is 4.12. The average Bonchev–Trinajstić information content (AvgIpc) is 3.08. The molecule has 0 saturated heterocycles. The van der Waals surface area contributed by atoms with Crippen LogP contribution < -0.4 is 10.0 Å². The summed E-state index contributed by atoms with van der Waals surface area (Å²) in [5.74, 6) is 0.286. The van der Waals surface area contributed by atoms with Crippen molar-refractivity contribution in [3.8, 4) is 0 Å². The molecule has 0 amide bonds. The molecular formula is C17H17N3O2S2. The Bertz CT molecular complexity index is 934. The van der Waals surface area contributed by atoms with Crippen LogP contribution in [0, 0.1) is 13.8 Å². The molecule has 2 aromatic heterocycles. The molecule has 0 aliphatic carbocycles. The molecule has 0 aliphatic rings. The van der Waals surface area contributed by atoms with Gasteiger partial charge in [-0.3, -0.25) is 4.72 Å². The second kappa shape index (κ2) is 6.62. The largest absolute Gasteiger partial charge is 0.354 e. The van der Waals surface area contributed by atoms with Crippen molar-refractivity contribution >= 4 is 38.6 Å². The molecule has 2 heterocycles. The van der Waals surface area contributed by atoms with Gasteiger partial charge in [0.05, 0.1) is 11.9 Å². The minimum Gasteiger partial charge on any atom is -0.354 e. The van der Waals surface area contributed by atoms with E-state index in [-0.39, 0.29) is 10.0 Å². The van der Waals surface area contributed by atoms with Gasteiger partial charge < -0.3 is 5.32 Å². The zero-order chi connectivity index (χ0) is 17.2. The number of nitrogens with one attached hydrogen (secondary N) is 2. The first kappa shape index (κ1) is 16.5. The van der Waals surface area contributed by atoms with E-state index in [0.717, 1.165) is 11.4 Å². The predicted octanol–water partition coefficient (Wildman–Crippen LogP) is 4.30. The van der Waals surface area contributed by atoms with Crippen molar-refractivity contribution in [3.63, 3.8) is 0 Å². The van der Waals surface area contributed by atoms with Gasteiger partial charge in [0.1, 0.15) is 10.0 Å². The van der Waals surface area contributed by atoms with E-state index >= 15 is 0 Å². The van der Waals surface area contributed by atoms with Crippen LogP contribution in [0.4, 0.5) is 17.2 Å². The van der Waals surface area contributed by atoms with Crippen LogP contribution in [0.5, 0.6) is 0 Å². The second-order valence-electron chi connectivity index (χ2n) is 5.39. The third kappa shape index (κ3) is 3.74. The minimum atomic E-state index is -3.57. The van der Waals surface area contributed by atoms with Gasteiger partial charge in [0.15, 0.2) is 0 Å². The summed E-state index contributed by atoms with van der Waals surface area (Å²) in [4.78, 5) is 4.16. The number of rotatable bonds is 5. The number of hydrogen-bond donors (Lipinski definition) is 2. The molecule has 0 radical (unpaired) electrons. The topological polar surface area (TPSA) is 71.1 Å². The van der Waals surface area contributed by atoms with Crippen LogP contribution in [0.2, 0.25) is 0 Å². The second-order valence-corrected chi connectivity index (χ2v) is 8.25. The number of aryl methyl sites for hydroxylation is 2. The normalized spacial score (nSPS) is 11.2. The Morgan fingerprint density at radius 1 is 1.00 bits per heavy atom. The lowest BCUT2D eigenvalue weighted by molar-refractivity contribution is 0.603. The van der Waals surface area contributed by atoms with E-state index in [2.05, 4.69) is 41.0 Å². The highest BCUT2D eigenvalue weighted by molar-refractivity contribution is 7.94. The van der Waals surface area contributed by atoms with Gasteiger partial charge in [-0.05, 0) is 60.7 Å². The molecule has 2 N–H and O–H groups in total. The molecule has 124 valence electrons. The van der Waals surface area contributed by atoms with Gasteiger partial charge in [-0.15, -0.1) is 11.3 Å². The first-order valence-corrected chi connectivity index (χ1v) is 9.67. The summed E-state index contributed by atoms with van der Waals surface area (Å²) in [5, 5.41) is 4.97. The lowest BCUT2D eigenvalue weighted by atomic mass is 10.1. The van der Waals surface area contributed by atoms with Crippen molar-refractivity contribution in [1.29, 1.82) is 0 Å². The van der Waals surface area contributed by atoms with E-state index in [1.807, 2.05) is 6.07 Å². The van der Waals surface area contributed by atoms with Crippen LogP contribution in [0.3, 0.4) is 0 Å². The van der Waals surface area contributed by atoms with Crippen LogP contribution in [0.1, 0.15) is 11.1 Å². The van der Waals surface area contributed by atoms with Gasteiger partial charge in [0.25, 0.3) is 10.0 Å². The molecule has 3 aromatic rings. The molecule has 0 aliphatic heterocycles. The molecule has 7 heteroatoms. The zero-order valence-electron chi connectivity index (χ0n) is 13.3. The van der Waals surface area contributed by atoms with E-state index in [1.54, 1.807) is 35.8 Å². The first-order chi connectivity index (χ1) is 11.4. The lowest BCUT2D eigenvalue weighted by Crippen LogP contribution is -2.12. The van der Waals surface area contributed by atoms with Crippen molar-refractivity contribution in [2.45, 2.75) is 18.1 Å². The van der Waals surface area contributed by atoms with E-state index in [9.17, 15) is 8.42 Å². The third-order valence-corrected chi connectivity index (χ3v) is 6.31. The maximum Gasteiger partial charge on any atom is 0.272 e. The number of thiophene rings is 1. The molecule has 0 bridgehead atoms. The van der Waals surface area contributed by atoms with E-state index in [0.29, 0.717) is 0 Å². The van der Waals surface area contributed by atoms with Gasteiger partial charge in [0, 0.05) is 5.69 Å². The molecule has 24 heavy (non-hydrogen) atoms. The number of sulfonamides is 1. The summed E-state index contributed by atoms with van der Waals surface area (Å²) < 4.78 is 27.0.